The van der Waals surface area contributed by atoms with E-state index in [1.54, 1.807) is 5.32 Å². The number of alkyl halides is 3. The molecule has 1 N–H and O–H groups in total. The molecule has 2 unspecified atom stereocenters. The van der Waals surface area contributed by atoms with Gasteiger partial charge < -0.3 is 33.7 Å². The molecule has 20 nitrogen and oxygen atoms in total. The number of nitro benzene ring substituents is 3. The minimum Gasteiger partial charge on any atom is -0.456 e. The van der Waals surface area contributed by atoms with Crippen molar-refractivity contribution in [3.05, 3.63) is 120 Å². The number of nitro groups is 3. The van der Waals surface area contributed by atoms with Gasteiger partial charge >= 0.3 is 30.0 Å². The monoisotopic (exact) mass is 820 g/mol. The lowest BCUT2D eigenvalue weighted by atomic mass is 9.97. The number of ether oxygens (including phenoxy) is 6. The molecule has 0 spiro atoms. The summed E-state index contributed by atoms with van der Waals surface area (Å²) in [7, 11) is 0. The van der Waals surface area contributed by atoms with Crippen LogP contribution in [-0.4, -0.2) is 93.9 Å². The molecular formula is C35H31F3N4O16. The third-order valence-corrected chi connectivity index (χ3v) is 8.86. The Balaban J connectivity index is 1.37. The van der Waals surface area contributed by atoms with E-state index in [-0.39, 0.29) is 33.8 Å². The molecular weight excluding hydrogens is 789 g/mol. The molecule has 3 aromatic carbocycles. The van der Waals surface area contributed by atoms with Gasteiger partial charge in [0.15, 0.2) is 6.29 Å². The Labute approximate surface area is 323 Å². The topological polar surface area (TPSA) is 265 Å². The van der Waals surface area contributed by atoms with Crippen LogP contribution in [0.5, 0.6) is 0 Å². The number of carbonyl (C=O) groups is 4. The average Bonchev–Trinajstić information content (AvgIpc) is 3.17. The van der Waals surface area contributed by atoms with E-state index in [1.807, 2.05) is 0 Å². The zero-order chi connectivity index (χ0) is 42.5. The van der Waals surface area contributed by atoms with Gasteiger partial charge in [-0.3, -0.25) is 35.1 Å². The molecule has 308 valence electrons. The SMILES string of the molecule is C[C@@H]1OC(OC(=O)c2ccc([N+](=O)[O-])cc2)C[C@H](OC(=O)c2ccc([N+](=O)[O-])cc2)[C@@H]1OC1C[C@H](NC(=O)C(F)(F)F)[C@H](OC(=O)c2ccc([N+](=O)[O-])cc2)[C@H](C)O1. The van der Waals surface area contributed by atoms with E-state index in [4.69, 9.17) is 28.4 Å². The van der Waals surface area contributed by atoms with Crippen LogP contribution < -0.4 is 5.32 Å². The number of carbonyl (C=O) groups excluding carboxylic acids is 4. The molecule has 5 rings (SSSR count). The van der Waals surface area contributed by atoms with Gasteiger partial charge in [0.2, 0.25) is 6.29 Å². The maximum absolute atomic E-state index is 13.4. The Morgan fingerprint density at radius 2 is 1.02 bits per heavy atom. The minimum absolute atomic E-state index is 0.0972. The van der Waals surface area contributed by atoms with E-state index < -0.39 is 107 Å². The molecule has 2 aliphatic heterocycles. The molecule has 58 heavy (non-hydrogen) atoms. The van der Waals surface area contributed by atoms with E-state index in [1.165, 1.54) is 13.8 Å². The predicted molar refractivity (Wildman–Crippen MR) is 184 cm³/mol. The fourth-order valence-electron chi connectivity index (χ4n) is 6.00. The number of non-ortho nitro benzene ring substituents is 3. The van der Waals surface area contributed by atoms with Crippen molar-refractivity contribution in [2.75, 3.05) is 0 Å². The highest BCUT2D eigenvalue weighted by Gasteiger charge is 2.49. The Bertz CT molecular complexity index is 2050. The van der Waals surface area contributed by atoms with Crippen LogP contribution in [0.1, 0.15) is 57.8 Å². The van der Waals surface area contributed by atoms with E-state index >= 15 is 0 Å². The normalized spacial score (nSPS) is 24.4. The van der Waals surface area contributed by atoms with Crippen LogP contribution >= 0.6 is 0 Å². The van der Waals surface area contributed by atoms with Crippen molar-refractivity contribution in [2.45, 2.75) is 82.0 Å². The molecule has 8 atom stereocenters. The van der Waals surface area contributed by atoms with Crippen LogP contribution in [0.25, 0.3) is 0 Å². The van der Waals surface area contributed by atoms with Gasteiger partial charge in [-0.15, -0.1) is 0 Å². The summed E-state index contributed by atoms with van der Waals surface area (Å²) in [6.07, 6.45) is -16.0. The van der Waals surface area contributed by atoms with Gasteiger partial charge in [-0.1, -0.05) is 0 Å². The van der Waals surface area contributed by atoms with Crippen LogP contribution in [-0.2, 0) is 33.2 Å². The average molecular weight is 821 g/mol. The fourth-order valence-corrected chi connectivity index (χ4v) is 6.00. The van der Waals surface area contributed by atoms with Gasteiger partial charge in [0, 0.05) is 42.8 Å². The summed E-state index contributed by atoms with van der Waals surface area (Å²) >= 11 is 0. The zero-order valence-electron chi connectivity index (χ0n) is 30.0. The van der Waals surface area contributed by atoms with Crippen molar-refractivity contribution in [1.82, 2.24) is 5.32 Å². The Morgan fingerprint density at radius 1 is 0.621 bits per heavy atom. The van der Waals surface area contributed by atoms with Crippen LogP contribution in [0.3, 0.4) is 0 Å². The Kier molecular flexibility index (Phi) is 13.0. The lowest BCUT2D eigenvalue weighted by Gasteiger charge is -2.44. The summed E-state index contributed by atoms with van der Waals surface area (Å²) in [6.45, 7) is 2.71. The number of amides is 1. The van der Waals surface area contributed by atoms with Gasteiger partial charge in [-0.25, -0.2) is 14.4 Å². The number of hydrogen-bond donors (Lipinski definition) is 1. The maximum Gasteiger partial charge on any atom is 0.471 e. The molecule has 0 saturated carbocycles. The van der Waals surface area contributed by atoms with Gasteiger partial charge in [0.25, 0.3) is 17.1 Å². The van der Waals surface area contributed by atoms with E-state index in [2.05, 4.69) is 0 Å². The largest absolute Gasteiger partial charge is 0.471 e. The number of nitrogens with one attached hydrogen (secondary N) is 1. The quantitative estimate of drug-likeness (QED) is 0.112. The third kappa shape index (κ3) is 10.4. The van der Waals surface area contributed by atoms with Crippen molar-refractivity contribution < 1.29 is 75.5 Å². The molecule has 2 aliphatic rings. The zero-order valence-corrected chi connectivity index (χ0v) is 30.0. The molecule has 3 aromatic rings. The number of benzene rings is 3. The first-order valence-corrected chi connectivity index (χ1v) is 17.0. The summed E-state index contributed by atoms with van der Waals surface area (Å²) in [4.78, 5) is 82.4. The summed E-state index contributed by atoms with van der Waals surface area (Å²) in [5.41, 5.74) is -1.42. The minimum atomic E-state index is -5.37. The van der Waals surface area contributed by atoms with Gasteiger partial charge in [-0.2, -0.15) is 13.2 Å². The van der Waals surface area contributed by atoms with Crippen LogP contribution in [0, 0.1) is 30.3 Å². The second kappa shape index (κ2) is 17.7. The van der Waals surface area contributed by atoms with E-state index in [0.717, 1.165) is 72.8 Å². The molecule has 2 fully saturated rings. The first-order chi connectivity index (χ1) is 27.3. The lowest BCUT2D eigenvalue weighted by molar-refractivity contribution is -0.385. The van der Waals surface area contributed by atoms with Gasteiger partial charge in [-0.05, 0) is 50.2 Å². The molecule has 0 radical (unpaired) electrons. The summed E-state index contributed by atoms with van der Waals surface area (Å²) in [5, 5.41) is 34.9. The molecule has 0 aromatic heterocycles. The number of esters is 3. The first kappa shape index (κ1) is 42.6. The smallest absolute Gasteiger partial charge is 0.456 e. The molecule has 2 heterocycles. The number of nitrogens with zero attached hydrogens (tertiary/aromatic N) is 3. The van der Waals surface area contributed by atoms with Gasteiger partial charge in [0.05, 0.1) is 56.1 Å². The molecule has 23 heteroatoms. The number of hydrogen-bond acceptors (Lipinski definition) is 16. The highest BCUT2D eigenvalue weighted by Crippen LogP contribution is 2.33. The van der Waals surface area contributed by atoms with Crippen molar-refractivity contribution >= 4 is 40.9 Å². The van der Waals surface area contributed by atoms with E-state index in [9.17, 15) is 62.7 Å². The van der Waals surface area contributed by atoms with Crippen LogP contribution in [0.2, 0.25) is 0 Å². The molecule has 0 bridgehead atoms. The van der Waals surface area contributed by atoms with Crippen LogP contribution in [0.15, 0.2) is 72.8 Å². The third-order valence-electron chi connectivity index (χ3n) is 8.86. The van der Waals surface area contributed by atoms with Crippen molar-refractivity contribution in [1.29, 1.82) is 0 Å². The van der Waals surface area contributed by atoms with Crippen LogP contribution in [0.4, 0.5) is 30.2 Å². The standard InChI is InChI=1S/C35H31F3N4O16/c1-17-29(58-33(45)21-7-13-24(14-8-21)42(51)52)25(39-34(46)35(36,37)38)15-27(53-17)56-30-18(2)54-28(57-32(44)20-5-11-23(12-6-20)41(49)50)16-26(30)55-31(43)19-3-9-22(10-4-19)40(47)48/h3-14,17-18,25-30H,15-16H2,1-2H3,(H,39,46)/t17-,18-,25-,26-,27?,28?,29+,30+/m0/s1. The second-order valence-corrected chi connectivity index (χ2v) is 12.8. The molecule has 1 amide bonds. The van der Waals surface area contributed by atoms with Crippen molar-refractivity contribution in [3.8, 4) is 0 Å². The highest BCUT2D eigenvalue weighted by molar-refractivity contribution is 5.91. The van der Waals surface area contributed by atoms with Crippen molar-refractivity contribution in [2.24, 2.45) is 0 Å². The summed E-state index contributed by atoms with van der Waals surface area (Å²) < 4.78 is 74.7. The van der Waals surface area contributed by atoms with E-state index in [0.29, 0.717) is 0 Å². The second-order valence-electron chi connectivity index (χ2n) is 12.8. The number of halogens is 3. The highest BCUT2D eigenvalue weighted by atomic mass is 19.4. The van der Waals surface area contributed by atoms with Gasteiger partial charge in [0.1, 0.15) is 18.3 Å². The van der Waals surface area contributed by atoms with Crippen molar-refractivity contribution in [3.63, 3.8) is 0 Å². The predicted octanol–water partition coefficient (Wildman–Crippen LogP) is 4.72. The molecule has 0 aliphatic carbocycles. The Hall–Kier alpha value is -6.59. The lowest BCUT2D eigenvalue weighted by Crippen LogP contribution is -2.60. The summed E-state index contributed by atoms with van der Waals surface area (Å²) in [5.74, 6) is -5.49. The fraction of sp³-hybridized carbons (Fsp3) is 0.371. The maximum atomic E-state index is 13.4. The summed E-state index contributed by atoms with van der Waals surface area (Å²) in [6, 6.07) is 11.2. The Morgan fingerprint density at radius 3 is 1.45 bits per heavy atom. The molecule has 2 saturated heterocycles. The first-order valence-electron chi connectivity index (χ1n) is 17.0. The number of rotatable bonds is 12.